The van der Waals surface area contributed by atoms with E-state index >= 15 is 0 Å². The van der Waals surface area contributed by atoms with Crippen LogP contribution in [0.5, 0.6) is 5.75 Å². The number of carbonyl (C=O) groups is 2. The van der Waals surface area contributed by atoms with Gasteiger partial charge in [-0.1, -0.05) is 15.9 Å². The molecule has 1 aromatic heterocycles. The molecule has 0 aliphatic rings. The van der Waals surface area contributed by atoms with E-state index < -0.39 is 17.7 Å². The molecule has 0 saturated carbocycles. The van der Waals surface area contributed by atoms with E-state index in [0.717, 1.165) is 11.3 Å². The largest absolute Gasteiger partial charge is 0.481 e. The topological polar surface area (TPSA) is 88.5 Å². The number of ether oxygens (including phenoxy) is 1. The Hall–Kier alpha value is -2.00. The number of carboxylic acids is 1. The first kappa shape index (κ1) is 16.4. The monoisotopic (exact) mass is 388 g/mol. The fourth-order valence-electron chi connectivity index (χ4n) is 1.49. The average Bonchev–Trinajstić information content (AvgIpc) is 2.84. The van der Waals surface area contributed by atoms with Gasteiger partial charge in [-0.25, -0.2) is 9.37 Å². The fourth-order valence-corrected chi connectivity index (χ4v) is 2.55. The van der Waals surface area contributed by atoms with Crippen LogP contribution in [0, 0.1) is 5.82 Å². The number of rotatable bonds is 6. The molecule has 1 heterocycles. The molecule has 9 heteroatoms. The van der Waals surface area contributed by atoms with Crippen LogP contribution in [0.25, 0.3) is 0 Å². The predicted molar refractivity (Wildman–Crippen MR) is 81.7 cm³/mol. The SMILES string of the molecule is O=C(O)Cc1csc(NC(=O)COc2ccc(Br)cc2F)n1. The van der Waals surface area contributed by atoms with E-state index in [1.54, 1.807) is 11.4 Å². The molecule has 0 radical (unpaired) electrons. The van der Waals surface area contributed by atoms with E-state index in [2.05, 4.69) is 26.2 Å². The number of aromatic nitrogens is 1. The zero-order valence-corrected chi connectivity index (χ0v) is 13.4. The quantitative estimate of drug-likeness (QED) is 0.793. The van der Waals surface area contributed by atoms with Gasteiger partial charge in [0.15, 0.2) is 23.3 Å². The summed E-state index contributed by atoms with van der Waals surface area (Å²) in [6.07, 6.45) is -0.215. The van der Waals surface area contributed by atoms with Crippen molar-refractivity contribution in [2.24, 2.45) is 0 Å². The Labute approximate surface area is 137 Å². The van der Waals surface area contributed by atoms with Gasteiger partial charge in [-0.15, -0.1) is 11.3 Å². The van der Waals surface area contributed by atoms with Crippen LogP contribution in [-0.4, -0.2) is 28.6 Å². The number of carbonyl (C=O) groups excluding carboxylic acids is 1. The van der Waals surface area contributed by atoms with Crippen LogP contribution < -0.4 is 10.1 Å². The highest BCUT2D eigenvalue weighted by Gasteiger charge is 2.11. The molecule has 0 unspecified atom stereocenters. The first-order chi connectivity index (χ1) is 10.4. The zero-order valence-electron chi connectivity index (χ0n) is 11.0. The summed E-state index contributed by atoms with van der Waals surface area (Å²) in [6.45, 7) is -0.383. The first-order valence-corrected chi connectivity index (χ1v) is 7.65. The van der Waals surface area contributed by atoms with Crippen LogP contribution in [0.15, 0.2) is 28.1 Å². The molecular weight excluding hydrogens is 379 g/mol. The van der Waals surface area contributed by atoms with Crippen LogP contribution in [0.2, 0.25) is 0 Å². The maximum Gasteiger partial charge on any atom is 0.309 e. The van der Waals surface area contributed by atoms with Crippen LogP contribution in [-0.2, 0) is 16.0 Å². The number of halogens is 2. The fraction of sp³-hybridized carbons (Fsp3) is 0.154. The maximum absolute atomic E-state index is 13.5. The number of carboxylic acid groups (broad SMARTS) is 1. The molecule has 0 aliphatic heterocycles. The third-order valence-corrected chi connectivity index (χ3v) is 3.68. The molecular formula is C13H10BrFN2O4S. The van der Waals surface area contributed by atoms with Gasteiger partial charge in [0.2, 0.25) is 0 Å². The molecule has 116 valence electrons. The molecule has 0 fully saturated rings. The highest BCUT2D eigenvalue weighted by Crippen LogP contribution is 2.21. The molecule has 0 saturated heterocycles. The van der Waals surface area contributed by atoms with Crippen molar-refractivity contribution >= 4 is 44.3 Å². The lowest BCUT2D eigenvalue weighted by atomic mass is 10.3. The Morgan fingerprint density at radius 3 is 2.91 bits per heavy atom. The van der Waals surface area contributed by atoms with Gasteiger partial charge in [0.1, 0.15) is 0 Å². The standard InChI is InChI=1S/C13H10BrFN2O4S/c14-7-1-2-10(9(15)3-7)21-5-11(18)17-13-16-8(6-22-13)4-12(19)20/h1-3,6H,4-5H2,(H,19,20)(H,16,17,18). The molecule has 0 bridgehead atoms. The summed E-state index contributed by atoms with van der Waals surface area (Å²) in [5.74, 6) is -2.14. The highest BCUT2D eigenvalue weighted by atomic mass is 79.9. The number of amides is 1. The number of anilines is 1. The average molecular weight is 389 g/mol. The Kier molecular flexibility index (Phi) is 5.45. The van der Waals surface area contributed by atoms with Crippen LogP contribution in [0.4, 0.5) is 9.52 Å². The summed E-state index contributed by atoms with van der Waals surface area (Å²) < 4.78 is 19.1. The minimum atomic E-state index is -1.00. The molecule has 0 atom stereocenters. The number of nitrogens with zero attached hydrogens (tertiary/aromatic N) is 1. The second kappa shape index (κ2) is 7.32. The molecule has 22 heavy (non-hydrogen) atoms. The molecule has 1 amide bonds. The number of aliphatic carboxylic acids is 1. The van der Waals surface area contributed by atoms with E-state index in [4.69, 9.17) is 9.84 Å². The smallest absolute Gasteiger partial charge is 0.309 e. The molecule has 2 rings (SSSR count). The van der Waals surface area contributed by atoms with E-state index in [-0.39, 0.29) is 23.9 Å². The lowest BCUT2D eigenvalue weighted by Crippen LogP contribution is -2.20. The van der Waals surface area contributed by atoms with Crippen molar-refractivity contribution in [2.45, 2.75) is 6.42 Å². The molecule has 0 aliphatic carbocycles. The van der Waals surface area contributed by atoms with E-state index in [1.807, 2.05) is 0 Å². The molecule has 0 spiro atoms. The second-order valence-corrected chi connectivity index (χ2v) is 5.90. The van der Waals surface area contributed by atoms with Gasteiger partial charge in [0, 0.05) is 9.85 Å². The summed E-state index contributed by atoms with van der Waals surface area (Å²) in [6, 6.07) is 4.22. The molecule has 2 aromatic rings. The Bertz CT molecular complexity index is 707. The Balaban J connectivity index is 1.87. The number of hydrogen-bond donors (Lipinski definition) is 2. The lowest BCUT2D eigenvalue weighted by Gasteiger charge is -2.06. The van der Waals surface area contributed by atoms with Gasteiger partial charge in [-0.2, -0.15) is 0 Å². The van der Waals surface area contributed by atoms with Crippen LogP contribution in [0.3, 0.4) is 0 Å². The Morgan fingerprint density at radius 2 is 2.23 bits per heavy atom. The van der Waals surface area contributed by atoms with E-state index in [9.17, 15) is 14.0 Å². The summed E-state index contributed by atoms with van der Waals surface area (Å²) in [4.78, 5) is 26.2. The predicted octanol–water partition coefficient (Wildman–Crippen LogP) is 2.69. The van der Waals surface area contributed by atoms with Crippen LogP contribution >= 0.6 is 27.3 Å². The van der Waals surface area contributed by atoms with Gasteiger partial charge in [0.25, 0.3) is 5.91 Å². The van der Waals surface area contributed by atoms with Crippen LogP contribution in [0.1, 0.15) is 5.69 Å². The number of thiazole rings is 1. The van der Waals surface area contributed by atoms with Crippen molar-refractivity contribution in [3.8, 4) is 5.75 Å². The first-order valence-electron chi connectivity index (χ1n) is 5.98. The van der Waals surface area contributed by atoms with E-state index in [1.165, 1.54) is 12.1 Å². The third-order valence-electron chi connectivity index (χ3n) is 2.38. The number of nitrogens with one attached hydrogen (secondary N) is 1. The van der Waals surface area contributed by atoms with Gasteiger partial charge < -0.3 is 9.84 Å². The minimum Gasteiger partial charge on any atom is -0.481 e. The maximum atomic E-state index is 13.5. The number of benzene rings is 1. The summed E-state index contributed by atoms with van der Waals surface area (Å²) in [5, 5.41) is 12.9. The van der Waals surface area contributed by atoms with Crippen molar-refractivity contribution < 1.29 is 23.8 Å². The molecule has 6 nitrogen and oxygen atoms in total. The third kappa shape index (κ3) is 4.78. The lowest BCUT2D eigenvalue weighted by molar-refractivity contribution is -0.136. The Morgan fingerprint density at radius 1 is 1.45 bits per heavy atom. The van der Waals surface area contributed by atoms with Gasteiger partial charge in [0.05, 0.1) is 12.1 Å². The van der Waals surface area contributed by atoms with Crippen molar-refractivity contribution in [2.75, 3.05) is 11.9 Å². The van der Waals surface area contributed by atoms with Crippen molar-refractivity contribution in [3.63, 3.8) is 0 Å². The van der Waals surface area contributed by atoms with Gasteiger partial charge in [-0.3, -0.25) is 14.9 Å². The van der Waals surface area contributed by atoms with Gasteiger partial charge in [-0.05, 0) is 18.2 Å². The highest BCUT2D eigenvalue weighted by molar-refractivity contribution is 9.10. The van der Waals surface area contributed by atoms with E-state index in [0.29, 0.717) is 10.2 Å². The zero-order chi connectivity index (χ0) is 16.1. The molecule has 2 N–H and O–H groups in total. The second-order valence-electron chi connectivity index (χ2n) is 4.13. The van der Waals surface area contributed by atoms with Crippen molar-refractivity contribution in [1.82, 2.24) is 4.98 Å². The normalized spacial score (nSPS) is 10.3. The molecule has 1 aromatic carbocycles. The minimum absolute atomic E-state index is 0.0379. The van der Waals surface area contributed by atoms with Crippen molar-refractivity contribution in [3.05, 3.63) is 39.6 Å². The summed E-state index contributed by atoms with van der Waals surface area (Å²) in [7, 11) is 0. The van der Waals surface area contributed by atoms with Crippen molar-refractivity contribution in [1.29, 1.82) is 0 Å². The van der Waals surface area contributed by atoms with Gasteiger partial charge >= 0.3 is 5.97 Å². The summed E-state index contributed by atoms with van der Waals surface area (Å²) in [5.41, 5.74) is 0.354. The number of hydrogen-bond acceptors (Lipinski definition) is 5. The summed E-state index contributed by atoms with van der Waals surface area (Å²) >= 11 is 4.22.